The Morgan fingerprint density at radius 1 is 1.24 bits per heavy atom. The lowest BCUT2D eigenvalue weighted by Crippen LogP contribution is -2.23. The predicted octanol–water partition coefficient (Wildman–Crippen LogP) is 4.36. The van der Waals surface area contributed by atoms with Crippen LogP contribution in [0, 0.1) is 5.92 Å². The Bertz CT molecular complexity index is 694. The zero-order chi connectivity index (χ0) is 18.2. The van der Waals surface area contributed by atoms with E-state index in [9.17, 15) is 13.6 Å². The quantitative estimate of drug-likeness (QED) is 0.705. The zero-order valence-corrected chi connectivity index (χ0v) is 14.9. The molecule has 25 heavy (non-hydrogen) atoms. The summed E-state index contributed by atoms with van der Waals surface area (Å²) in [5.41, 5.74) is 1.03. The number of nitrogens with zero attached hydrogens (tertiary/aromatic N) is 1. The third-order valence-electron chi connectivity index (χ3n) is 3.18. The molecule has 1 heterocycles. The molecule has 134 valence electrons. The monoisotopic (exact) mass is 366 g/mol. The van der Waals surface area contributed by atoms with Gasteiger partial charge >= 0.3 is 0 Å². The minimum absolute atomic E-state index is 0.0208. The molecule has 0 unspecified atom stereocenters. The number of amides is 1. The first-order valence-electron chi connectivity index (χ1n) is 7.85. The summed E-state index contributed by atoms with van der Waals surface area (Å²) in [6, 6.07) is 10.4. The number of hydrogen-bond acceptors (Lipinski definition) is 4. The van der Waals surface area contributed by atoms with Crippen molar-refractivity contribution in [2.24, 2.45) is 5.92 Å². The molecule has 0 saturated carbocycles. The summed E-state index contributed by atoms with van der Waals surface area (Å²) in [7, 11) is 0. The highest BCUT2D eigenvalue weighted by atomic mass is 32.2. The van der Waals surface area contributed by atoms with Gasteiger partial charge in [0.15, 0.2) is 0 Å². The van der Waals surface area contributed by atoms with Gasteiger partial charge in [-0.25, -0.2) is 4.98 Å². The van der Waals surface area contributed by atoms with Gasteiger partial charge in [-0.1, -0.05) is 26.0 Å². The maximum Gasteiger partial charge on any atom is 0.290 e. The van der Waals surface area contributed by atoms with Crippen LogP contribution in [0.5, 0.6) is 5.75 Å². The van der Waals surface area contributed by atoms with E-state index in [1.54, 1.807) is 6.07 Å². The van der Waals surface area contributed by atoms with Gasteiger partial charge in [-0.3, -0.25) is 4.79 Å². The van der Waals surface area contributed by atoms with Gasteiger partial charge in [-0.2, -0.15) is 8.78 Å². The number of pyridine rings is 1. The van der Waals surface area contributed by atoms with E-state index in [2.05, 4.69) is 24.1 Å². The predicted molar refractivity (Wildman–Crippen MR) is 94.0 cm³/mol. The van der Waals surface area contributed by atoms with Crippen molar-refractivity contribution in [3.8, 4) is 5.75 Å². The first kappa shape index (κ1) is 19.2. The fraction of sp³-hybridized carbons (Fsp3) is 0.333. The van der Waals surface area contributed by atoms with Crippen molar-refractivity contribution in [3.63, 3.8) is 0 Å². The largest absolute Gasteiger partial charge is 0.493 e. The Kier molecular flexibility index (Phi) is 7.18. The first-order chi connectivity index (χ1) is 12.0. The molecule has 0 fully saturated rings. The molecule has 2 aromatic rings. The summed E-state index contributed by atoms with van der Waals surface area (Å²) in [4.78, 5) is 16.1. The first-order valence-corrected chi connectivity index (χ1v) is 8.73. The zero-order valence-electron chi connectivity index (χ0n) is 14.0. The van der Waals surface area contributed by atoms with Crippen LogP contribution in [0.3, 0.4) is 0 Å². The van der Waals surface area contributed by atoms with Crippen molar-refractivity contribution >= 4 is 17.7 Å². The van der Waals surface area contributed by atoms with Gasteiger partial charge in [0.1, 0.15) is 10.8 Å². The highest BCUT2D eigenvalue weighted by Crippen LogP contribution is 2.26. The molecule has 2 rings (SSSR count). The topological polar surface area (TPSA) is 51.2 Å². The minimum atomic E-state index is -2.63. The number of thioether (sulfide) groups is 1. The van der Waals surface area contributed by atoms with E-state index in [-0.39, 0.29) is 28.9 Å². The number of nitrogens with one attached hydrogen (secondary N) is 1. The second kappa shape index (κ2) is 9.36. The molecule has 0 aliphatic rings. The molecule has 0 aliphatic carbocycles. The average molecular weight is 366 g/mol. The number of aromatic nitrogens is 1. The summed E-state index contributed by atoms with van der Waals surface area (Å²) in [5.74, 6) is -1.85. The molecule has 1 amide bonds. The number of alkyl halides is 2. The molecule has 0 saturated heterocycles. The molecule has 1 N–H and O–H groups in total. The Morgan fingerprint density at radius 2 is 1.96 bits per heavy atom. The summed E-state index contributed by atoms with van der Waals surface area (Å²) in [6.07, 6.45) is 1.39. The molecule has 7 heteroatoms. The normalized spacial score (nSPS) is 11.0. The molecule has 0 bridgehead atoms. The fourth-order valence-electron chi connectivity index (χ4n) is 1.99. The van der Waals surface area contributed by atoms with Gasteiger partial charge in [-0.05, 0) is 47.5 Å². The standard InChI is InChI=1S/C18H20F2N2O2S/c1-12(2)11-24-14-7-5-13(6-8-14)10-22-16(23)15-4-3-9-21-17(15)25-18(19)20/h3-9,12,18H,10-11H2,1-2H3,(H,22,23). The van der Waals surface area contributed by atoms with Crippen LogP contribution in [-0.4, -0.2) is 23.3 Å². The third kappa shape index (κ3) is 6.34. The van der Waals surface area contributed by atoms with Gasteiger partial charge in [-0.15, -0.1) is 0 Å². The molecular weight excluding hydrogens is 346 g/mol. The van der Waals surface area contributed by atoms with Gasteiger partial charge < -0.3 is 10.1 Å². The van der Waals surface area contributed by atoms with Crippen molar-refractivity contribution in [2.75, 3.05) is 6.61 Å². The van der Waals surface area contributed by atoms with Crippen LogP contribution in [0.25, 0.3) is 0 Å². The van der Waals surface area contributed by atoms with Crippen molar-refractivity contribution in [3.05, 3.63) is 53.7 Å². The molecule has 1 aromatic carbocycles. The van der Waals surface area contributed by atoms with Crippen molar-refractivity contribution in [1.29, 1.82) is 0 Å². The minimum Gasteiger partial charge on any atom is -0.493 e. The van der Waals surface area contributed by atoms with Crippen LogP contribution in [-0.2, 0) is 6.54 Å². The number of halogens is 2. The van der Waals surface area contributed by atoms with Gasteiger partial charge in [0.2, 0.25) is 0 Å². The van der Waals surface area contributed by atoms with Crippen LogP contribution in [0.4, 0.5) is 8.78 Å². The lowest BCUT2D eigenvalue weighted by molar-refractivity contribution is 0.0947. The summed E-state index contributed by atoms with van der Waals surface area (Å²) in [6.45, 7) is 5.07. The van der Waals surface area contributed by atoms with Crippen LogP contribution >= 0.6 is 11.8 Å². The smallest absolute Gasteiger partial charge is 0.290 e. The number of rotatable bonds is 8. The Labute approximate surface area is 150 Å². The molecule has 0 radical (unpaired) electrons. The van der Waals surface area contributed by atoms with Crippen molar-refractivity contribution in [2.45, 2.75) is 31.2 Å². The van der Waals surface area contributed by atoms with Gasteiger partial charge in [0, 0.05) is 12.7 Å². The van der Waals surface area contributed by atoms with E-state index in [1.165, 1.54) is 12.3 Å². The number of carbonyl (C=O) groups is 1. The number of hydrogen-bond donors (Lipinski definition) is 1. The van der Waals surface area contributed by atoms with E-state index in [1.807, 2.05) is 24.3 Å². The Morgan fingerprint density at radius 3 is 2.60 bits per heavy atom. The van der Waals surface area contributed by atoms with Crippen LogP contribution in [0.1, 0.15) is 29.8 Å². The number of carbonyl (C=O) groups excluding carboxylic acids is 1. The van der Waals surface area contributed by atoms with Crippen LogP contribution in [0.2, 0.25) is 0 Å². The Hall–Kier alpha value is -2.15. The lowest BCUT2D eigenvalue weighted by atomic mass is 10.2. The third-order valence-corrected chi connectivity index (χ3v) is 3.90. The SMILES string of the molecule is CC(C)COc1ccc(CNC(=O)c2cccnc2SC(F)F)cc1. The molecule has 1 aromatic heterocycles. The summed E-state index contributed by atoms with van der Waals surface area (Å²) < 4.78 is 30.7. The molecule has 4 nitrogen and oxygen atoms in total. The maximum atomic E-state index is 12.5. The van der Waals surface area contributed by atoms with Gasteiger partial charge in [0.05, 0.1) is 12.2 Å². The van der Waals surface area contributed by atoms with Crippen LogP contribution < -0.4 is 10.1 Å². The molecule has 0 aliphatic heterocycles. The van der Waals surface area contributed by atoms with Crippen molar-refractivity contribution in [1.82, 2.24) is 10.3 Å². The average Bonchev–Trinajstić information content (AvgIpc) is 2.58. The van der Waals surface area contributed by atoms with E-state index < -0.39 is 11.7 Å². The maximum absolute atomic E-state index is 12.5. The summed E-state index contributed by atoms with van der Waals surface area (Å²) in [5, 5.41) is 2.74. The summed E-state index contributed by atoms with van der Waals surface area (Å²) >= 11 is 0.263. The highest BCUT2D eigenvalue weighted by molar-refractivity contribution is 7.99. The molecule has 0 spiro atoms. The van der Waals surface area contributed by atoms with E-state index in [4.69, 9.17) is 4.74 Å². The number of ether oxygens (including phenoxy) is 1. The second-order valence-electron chi connectivity index (χ2n) is 5.77. The van der Waals surface area contributed by atoms with Crippen LogP contribution in [0.15, 0.2) is 47.6 Å². The number of benzene rings is 1. The van der Waals surface area contributed by atoms with E-state index >= 15 is 0 Å². The van der Waals surface area contributed by atoms with E-state index in [0.29, 0.717) is 12.5 Å². The Balaban J connectivity index is 1.94. The van der Waals surface area contributed by atoms with E-state index in [0.717, 1.165) is 11.3 Å². The second-order valence-corrected chi connectivity index (χ2v) is 6.74. The van der Waals surface area contributed by atoms with Gasteiger partial charge in [0.25, 0.3) is 11.7 Å². The molecule has 0 atom stereocenters. The van der Waals surface area contributed by atoms with Crippen molar-refractivity contribution < 1.29 is 18.3 Å². The fourth-order valence-corrected chi connectivity index (χ4v) is 2.56. The highest BCUT2D eigenvalue weighted by Gasteiger charge is 2.16. The lowest BCUT2D eigenvalue weighted by Gasteiger charge is -2.10. The molecular formula is C18H20F2N2O2S.